The fourth-order valence-electron chi connectivity index (χ4n) is 2.30. The molecule has 0 N–H and O–H groups in total. The summed E-state index contributed by atoms with van der Waals surface area (Å²) in [5.41, 5.74) is -4.28. The normalized spacial score (nSPS) is 14.4. The first kappa shape index (κ1) is 15.6. The van der Waals surface area contributed by atoms with Crippen LogP contribution in [0.4, 0.5) is 13.2 Å². The summed E-state index contributed by atoms with van der Waals surface area (Å²) in [6.45, 7) is 3.37. The number of rotatable bonds is 2. The van der Waals surface area contributed by atoms with Gasteiger partial charge in [-0.05, 0) is 31.4 Å². The van der Waals surface area contributed by atoms with Crippen LogP contribution in [0.3, 0.4) is 0 Å². The van der Waals surface area contributed by atoms with Crippen molar-refractivity contribution >= 4 is 27.0 Å². The Hall–Kier alpha value is -2.29. The zero-order chi connectivity index (χ0) is 17.0. The molecule has 2 aromatic rings. The number of aromatic nitrogens is 1. The highest BCUT2D eigenvalue weighted by Crippen LogP contribution is 2.39. The van der Waals surface area contributed by atoms with E-state index in [2.05, 4.69) is 9.17 Å². The monoisotopic (exact) mass is 345 g/mol. The van der Waals surface area contributed by atoms with E-state index in [9.17, 15) is 21.6 Å². The van der Waals surface area contributed by atoms with Crippen molar-refractivity contribution in [2.75, 3.05) is 0 Å². The Kier molecular flexibility index (Phi) is 3.29. The maximum Gasteiger partial charge on any atom is 0.534 e. The van der Waals surface area contributed by atoms with Crippen LogP contribution in [0.1, 0.15) is 18.3 Å². The molecule has 0 spiro atoms. The molecule has 0 unspecified atom stereocenters. The van der Waals surface area contributed by atoms with Crippen LogP contribution in [0.25, 0.3) is 16.8 Å². The van der Waals surface area contributed by atoms with Crippen molar-refractivity contribution in [2.24, 2.45) is 0 Å². The fraction of sp³-hybridized carbons (Fsp3) is 0.214. The minimum Gasteiger partial charge on any atom is -0.461 e. The van der Waals surface area contributed by atoms with Crippen molar-refractivity contribution in [1.29, 1.82) is 0 Å². The van der Waals surface area contributed by atoms with Crippen LogP contribution < -0.4 is 8.92 Å². The van der Waals surface area contributed by atoms with Crippen molar-refractivity contribution in [3.8, 4) is 11.5 Å². The van der Waals surface area contributed by atoms with E-state index in [0.29, 0.717) is 27.9 Å². The summed E-state index contributed by atoms with van der Waals surface area (Å²) in [4.78, 5) is 4.33. The molecule has 5 nitrogen and oxygen atoms in total. The average molecular weight is 345 g/mol. The Morgan fingerprint density at radius 1 is 1.17 bits per heavy atom. The molecule has 23 heavy (non-hydrogen) atoms. The maximum atomic E-state index is 12.5. The molecule has 0 radical (unpaired) electrons. The van der Waals surface area contributed by atoms with Gasteiger partial charge in [0.2, 0.25) is 0 Å². The van der Waals surface area contributed by atoms with E-state index < -0.39 is 21.4 Å². The second kappa shape index (κ2) is 4.85. The lowest BCUT2D eigenvalue weighted by Crippen LogP contribution is -2.28. The summed E-state index contributed by atoms with van der Waals surface area (Å²) >= 11 is 0. The van der Waals surface area contributed by atoms with Gasteiger partial charge in [0.05, 0.1) is 11.1 Å². The molecular weight excluding hydrogens is 335 g/mol. The van der Waals surface area contributed by atoms with Gasteiger partial charge in [0.25, 0.3) is 0 Å². The second-order valence-corrected chi connectivity index (χ2v) is 6.55. The molecule has 1 aromatic heterocycles. The molecule has 0 fully saturated rings. The van der Waals surface area contributed by atoms with Gasteiger partial charge in [-0.15, -0.1) is 0 Å². The quantitative estimate of drug-likeness (QED) is 0.615. The molecular formula is C14H10F3NO4S. The van der Waals surface area contributed by atoms with Crippen LogP contribution in [-0.4, -0.2) is 18.9 Å². The number of nitrogens with zero attached hydrogens (tertiary/aromatic N) is 1. The molecule has 1 aliphatic heterocycles. The standard InChI is InChI=1S/C14H10F3NO4S/c1-7-3-9-5-10(22-23(19,20)14(15,16)17)6-12-13(9)11(18-7)4-8(2)21-12/h3-6H,1-2H3. The number of ether oxygens (including phenoxy) is 1. The third-order valence-corrected chi connectivity index (χ3v) is 4.10. The van der Waals surface area contributed by atoms with Crippen molar-refractivity contribution < 1.29 is 30.5 Å². The maximum absolute atomic E-state index is 12.5. The van der Waals surface area contributed by atoms with E-state index in [4.69, 9.17) is 4.74 Å². The minimum absolute atomic E-state index is 0.192. The van der Waals surface area contributed by atoms with E-state index in [1.807, 2.05) is 0 Å². The van der Waals surface area contributed by atoms with Crippen molar-refractivity contribution in [3.05, 3.63) is 35.3 Å². The van der Waals surface area contributed by atoms with Crippen LogP contribution in [0.2, 0.25) is 0 Å². The minimum atomic E-state index is -5.75. The van der Waals surface area contributed by atoms with Gasteiger partial charge >= 0.3 is 15.6 Å². The smallest absolute Gasteiger partial charge is 0.461 e. The van der Waals surface area contributed by atoms with Gasteiger partial charge in [0.1, 0.15) is 17.3 Å². The van der Waals surface area contributed by atoms with Crippen LogP contribution in [0.15, 0.2) is 24.0 Å². The van der Waals surface area contributed by atoms with Crippen molar-refractivity contribution in [1.82, 2.24) is 4.98 Å². The number of hydrogen-bond acceptors (Lipinski definition) is 5. The molecule has 0 atom stereocenters. The van der Waals surface area contributed by atoms with Gasteiger partial charge in [-0.1, -0.05) is 0 Å². The Balaban J connectivity index is 2.18. The summed E-state index contributed by atoms with van der Waals surface area (Å²) in [6.07, 6.45) is 1.69. The highest BCUT2D eigenvalue weighted by atomic mass is 32.2. The predicted octanol–water partition coefficient (Wildman–Crippen LogP) is 3.52. The lowest BCUT2D eigenvalue weighted by Gasteiger charge is -2.18. The number of aryl methyl sites for hydroxylation is 1. The van der Waals surface area contributed by atoms with Gasteiger partial charge in [-0.25, -0.2) is 0 Å². The molecule has 0 amide bonds. The molecule has 0 aliphatic carbocycles. The van der Waals surface area contributed by atoms with Gasteiger partial charge < -0.3 is 8.92 Å². The van der Waals surface area contributed by atoms with Crippen molar-refractivity contribution in [3.63, 3.8) is 0 Å². The number of halogens is 3. The Labute approximate surface area is 129 Å². The first-order valence-corrected chi connectivity index (χ1v) is 7.80. The third-order valence-electron chi connectivity index (χ3n) is 3.12. The molecule has 122 valence electrons. The molecule has 1 aliphatic rings. The average Bonchev–Trinajstić information content (AvgIpc) is 2.34. The predicted molar refractivity (Wildman–Crippen MR) is 76.4 cm³/mol. The number of benzene rings is 1. The highest BCUT2D eigenvalue weighted by molar-refractivity contribution is 7.88. The first-order chi connectivity index (χ1) is 10.6. The van der Waals surface area contributed by atoms with E-state index in [-0.39, 0.29) is 5.75 Å². The Morgan fingerprint density at radius 2 is 1.87 bits per heavy atom. The molecule has 0 bridgehead atoms. The van der Waals surface area contributed by atoms with Gasteiger partial charge in [-0.2, -0.15) is 21.6 Å². The second-order valence-electron chi connectivity index (χ2n) is 5.01. The Morgan fingerprint density at radius 3 is 2.52 bits per heavy atom. The number of alkyl halides is 3. The third kappa shape index (κ3) is 2.72. The number of hydrogen-bond donors (Lipinski definition) is 0. The number of allylic oxidation sites excluding steroid dienone is 1. The topological polar surface area (TPSA) is 65.5 Å². The molecule has 0 saturated heterocycles. The fourth-order valence-corrected chi connectivity index (χ4v) is 2.75. The highest BCUT2D eigenvalue weighted by Gasteiger charge is 2.48. The molecule has 9 heteroatoms. The van der Waals surface area contributed by atoms with Crippen LogP contribution in [-0.2, 0) is 10.1 Å². The van der Waals surface area contributed by atoms with E-state index in [0.717, 1.165) is 6.07 Å². The first-order valence-electron chi connectivity index (χ1n) is 6.39. The molecule has 0 saturated carbocycles. The summed E-state index contributed by atoms with van der Waals surface area (Å²) in [6, 6.07) is 3.91. The van der Waals surface area contributed by atoms with Crippen LogP contribution in [0, 0.1) is 6.92 Å². The largest absolute Gasteiger partial charge is 0.534 e. The van der Waals surface area contributed by atoms with Crippen molar-refractivity contribution in [2.45, 2.75) is 19.4 Å². The summed E-state index contributed by atoms with van der Waals surface area (Å²) in [7, 11) is -5.75. The van der Waals surface area contributed by atoms with E-state index in [1.54, 1.807) is 26.0 Å². The molecule has 3 rings (SSSR count). The zero-order valence-electron chi connectivity index (χ0n) is 11.9. The molecule has 1 aromatic carbocycles. The van der Waals surface area contributed by atoms with Gasteiger partial charge in [0, 0.05) is 17.8 Å². The lowest BCUT2D eigenvalue weighted by atomic mass is 10.0. The Bertz CT molecular complexity index is 949. The van der Waals surface area contributed by atoms with E-state index in [1.165, 1.54) is 6.07 Å². The molecule has 2 heterocycles. The summed E-state index contributed by atoms with van der Waals surface area (Å²) < 4.78 is 69.3. The lowest BCUT2D eigenvalue weighted by molar-refractivity contribution is -0.0500. The van der Waals surface area contributed by atoms with Crippen LogP contribution >= 0.6 is 0 Å². The number of pyridine rings is 1. The van der Waals surface area contributed by atoms with Gasteiger partial charge in [-0.3, -0.25) is 4.98 Å². The zero-order valence-corrected chi connectivity index (χ0v) is 12.7. The summed E-state index contributed by atoms with van der Waals surface area (Å²) in [5, 5.41) is 1.05. The van der Waals surface area contributed by atoms with Crippen LogP contribution in [0.5, 0.6) is 11.5 Å². The van der Waals surface area contributed by atoms with Gasteiger partial charge in [0.15, 0.2) is 0 Å². The SMILES string of the molecule is CC1=Cc2nc(C)cc3cc(OS(=O)(=O)C(F)(F)F)cc(c23)O1. The van der Waals surface area contributed by atoms with E-state index >= 15 is 0 Å². The summed E-state index contributed by atoms with van der Waals surface area (Å²) in [5.74, 6) is 0.196.